The molecule has 6 heteroatoms. The number of benzene rings is 2. The van der Waals surface area contributed by atoms with Crippen molar-refractivity contribution < 1.29 is 10.2 Å². The van der Waals surface area contributed by atoms with E-state index in [-0.39, 0.29) is 23.9 Å². The molecule has 0 bridgehead atoms. The Morgan fingerprint density at radius 2 is 1.74 bits per heavy atom. The maximum Gasteiger partial charge on any atom is 0.137 e. The molecule has 2 aromatic rings. The number of anilines is 1. The summed E-state index contributed by atoms with van der Waals surface area (Å²) in [6, 6.07) is 20.3. The zero-order valence-electron chi connectivity index (χ0n) is 17.3. The van der Waals surface area contributed by atoms with Gasteiger partial charge in [0.15, 0.2) is 0 Å². The van der Waals surface area contributed by atoms with Gasteiger partial charge in [0.1, 0.15) is 24.4 Å². The van der Waals surface area contributed by atoms with Gasteiger partial charge in [-0.2, -0.15) is 0 Å². The van der Waals surface area contributed by atoms with Crippen molar-refractivity contribution in [2.45, 2.75) is 37.3 Å². The van der Waals surface area contributed by atoms with Crippen molar-refractivity contribution >= 4 is 23.4 Å². The highest BCUT2D eigenvalue weighted by atomic mass is 16.3. The van der Waals surface area contributed by atoms with Crippen LogP contribution in [0.15, 0.2) is 76.8 Å². The van der Waals surface area contributed by atoms with Crippen LogP contribution in [0.3, 0.4) is 0 Å². The van der Waals surface area contributed by atoms with E-state index >= 15 is 0 Å². The minimum atomic E-state index is -0.779. The Balaban J connectivity index is 1.42. The van der Waals surface area contributed by atoms with Gasteiger partial charge < -0.3 is 20.4 Å². The van der Waals surface area contributed by atoms with Crippen molar-refractivity contribution in [3.63, 3.8) is 0 Å². The van der Waals surface area contributed by atoms with Crippen molar-refractivity contribution in [3.05, 3.63) is 72.4 Å². The standard InChI is InChI=1S/C25H26N4O2/c1-15-19-12-25(19,22(31)21(15)30)29-13-18(16-8-4-2-5-9-16)20-23(26-14-27-24(20)29)28-17-10-6-3-7-11-17/h2-11,13-15,19-22,24,30-31H,12H2,1H3,(H,26,27,28)/t15-,19-,20?,21-,22-,24?,25+/m0/s1. The largest absolute Gasteiger partial charge is 0.390 e. The summed E-state index contributed by atoms with van der Waals surface area (Å²) in [4.78, 5) is 11.6. The summed E-state index contributed by atoms with van der Waals surface area (Å²) < 4.78 is 0. The minimum absolute atomic E-state index is 0.0748. The highest BCUT2D eigenvalue weighted by molar-refractivity contribution is 6.09. The van der Waals surface area contributed by atoms with E-state index in [2.05, 4.69) is 33.5 Å². The lowest BCUT2D eigenvalue weighted by Gasteiger charge is -2.37. The van der Waals surface area contributed by atoms with Gasteiger partial charge in [-0.3, -0.25) is 0 Å². The lowest BCUT2D eigenvalue weighted by Crippen LogP contribution is -2.51. The Kier molecular flexibility index (Phi) is 4.10. The first kappa shape index (κ1) is 18.8. The molecular weight excluding hydrogens is 388 g/mol. The number of aliphatic hydroxyl groups is 2. The molecule has 7 atom stereocenters. The van der Waals surface area contributed by atoms with Gasteiger partial charge in [0, 0.05) is 11.9 Å². The molecule has 4 aliphatic rings. The van der Waals surface area contributed by atoms with Crippen LogP contribution in [0.4, 0.5) is 5.69 Å². The molecule has 2 saturated carbocycles. The van der Waals surface area contributed by atoms with Crippen LogP contribution in [0.2, 0.25) is 0 Å². The fourth-order valence-electron chi connectivity index (χ4n) is 5.89. The maximum atomic E-state index is 11.0. The number of aliphatic hydroxyl groups excluding tert-OH is 2. The van der Waals surface area contributed by atoms with Crippen LogP contribution < -0.4 is 5.32 Å². The topological polar surface area (TPSA) is 80.5 Å². The fourth-order valence-corrected chi connectivity index (χ4v) is 5.89. The Hall–Kier alpha value is -2.96. The van der Waals surface area contributed by atoms with Gasteiger partial charge in [-0.1, -0.05) is 55.5 Å². The van der Waals surface area contributed by atoms with Gasteiger partial charge in [0.2, 0.25) is 0 Å². The molecule has 2 aliphatic carbocycles. The molecule has 0 spiro atoms. The lowest BCUT2D eigenvalue weighted by molar-refractivity contribution is -0.0324. The highest BCUT2D eigenvalue weighted by Gasteiger charge is 2.74. The van der Waals surface area contributed by atoms with Gasteiger partial charge in [-0.15, -0.1) is 0 Å². The smallest absolute Gasteiger partial charge is 0.137 e. The molecule has 31 heavy (non-hydrogen) atoms. The quantitative estimate of drug-likeness (QED) is 0.721. The van der Waals surface area contributed by atoms with Gasteiger partial charge in [-0.25, -0.2) is 9.98 Å². The normalized spacial score (nSPS) is 37.7. The van der Waals surface area contributed by atoms with Gasteiger partial charge >= 0.3 is 0 Å². The van der Waals surface area contributed by atoms with E-state index in [1.54, 1.807) is 6.34 Å². The lowest BCUT2D eigenvalue weighted by atomic mass is 9.91. The van der Waals surface area contributed by atoms with Crippen molar-refractivity contribution in [3.8, 4) is 0 Å². The number of nitrogens with zero attached hydrogens (tertiary/aromatic N) is 3. The van der Waals surface area contributed by atoms with Crippen LogP contribution in [-0.2, 0) is 0 Å². The van der Waals surface area contributed by atoms with E-state index in [1.165, 1.54) is 0 Å². The summed E-state index contributed by atoms with van der Waals surface area (Å²) in [5.41, 5.74) is 2.78. The summed E-state index contributed by atoms with van der Waals surface area (Å²) in [7, 11) is 0. The van der Waals surface area contributed by atoms with Crippen LogP contribution in [0.5, 0.6) is 0 Å². The zero-order valence-corrected chi connectivity index (χ0v) is 17.3. The molecule has 3 N–H and O–H groups in total. The number of hydrogen-bond donors (Lipinski definition) is 3. The van der Waals surface area contributed by atoms with Crippen LogP contribution in [0, 0.1) is 17.8 Å². The predicted octanol–water partition coefficient (Wildman–Crippen LogP) is 2.97. The SMILES string of the molecule is C[C@@H]1[C@H](O)[C@H](O)[C@@]2(N3C=C(c4ccccc4)C4C(Nc5ccccc5)=NC=NC43)C[C@@H]12. The summed E-state index contributed by atoms with van der Waals surface area (Å²) in [6.45, 7) is 2.04. The molecule has 2 fully saturated rings. The van der Waals surface area contributed by atoms with E-state index in [1.807, 2.05) is 55.5 Å². The monoisotopic (exact) mass is 414 g/mol. The highest BCUT2D eigenvalue weighted by Crippen LogP contribution is 2.64. The molecule has 0 aromatic heterocycles. The summed E-state index contributed by atoms with van der Waals surface area (Å²) in [5.74, 6) is 1.11. The summed E-state index contributed by atoms with van der Waals surface area (Å²) >= 11 is 0. The molecule has 2 aromatic carbocycles. The average molecular weight is 415 g/mol. The third-order valence-electron chi connectivity index (χ3n) is 7.58. The van der Waals surface area contributed by atoms with E-state index in [9.17, 15) is 10.2 Å². The third-order valence-corrected chi connectivity index (χ3v) is 7.58. The summed E-state index contributed by atoms with van der Waals surface area (Å²) in [6.07, 6.45) is 2.98. The molecule has 6 rings (SSSR count). The second-order valence-corrected chi connectivity index (χ2v) is 9.12. The minimum Gasteiger partial charge on any atom is -0.390 e. The Morgan fingerprint density at radius 1 is 1.03 bits per heavy atom. The van der Waals surface area contributed by atoms with E-state index in [4.69, 9.17) is 4.99 Å². The van der Waals surface area contributed by atoms with E-state index in [0.717, 1.165) is 29.1 Å². The van der Waals surface area contributed by atoms with Crippen LogP contribution in [0.25, 0.3) is 5.57 Å². The van der Waals surface area contributed by atoms with Gasteiger partial charge in [0.25, 0.3) is 0 Å². The predicted molar refractivity (Wildman–Crippen MR) is 122 cm³/mol. The van der Waals surface area contributed by atoms with Gasteiger partial charge in [-0.05, 0) is 41.5 Å². The number of hydrogen-bond acceptors (Lipinski definition) is 6. The molecule has 2 aliphatic heterocycles. The second kappa shape index (κ2) is 6.77. The average Bonchev–Trinajstić information content (AvgIpc) is 3.39. The second-order valence-electron chi connectivity index (χ2n) is 9.12. The number of para-hydroxylation sites is 1. The molecule has 6 nitrogen and oxygen atoms in total. The zero-order chi connectivity index (χ0) is 21.2. The third kappa shape index (κ3) is 2.65. The molecule has 158 valence electrons. The van der Waals surface area contributed by atoms with Gasteiger partial charge in [0.05, 0.1) is 17.6 Å². The van der Waals surface area contributed by atoms with Crippen molar-refractivity contribution in [1.82, 2.24) is 4.90 Å². The molecule has 2 heterocycles. The first-order valence-electron chi connectivity index (χ1n) is 10.9. The number of fused-ring (bicyclic) bond motifs is 2. The Morgan fingerprint density at radius 3 is 2.42 bits per heavy atom. The fraction of sp³-hybridized carbons (Fsp3) is 0.360. The Bertz CT molecular complexity index is 1080. The number of aliphatic imine (C=N–C) groups is 2. The molecule has 0 saturated heterocycles. The summed E-state index contributed by atoms with van der Waals surface area (Å²) in [5, 5.41) is 25.1. The number of rotatable bonds is 3. The maximum absolute atomic E-state index is 11.0. The van der Waals surface area contributed by atoms with Crippen molar-refractivity contribution in [1.29, 1.82) is 0 Å². The molecule has 2 unspecified atom stereocenters. The molecule has 0 amide bonds. The number of amidine groups is 1. The first-order chi connectivity index (χ1) is 15.1. The molecular formula is C25H26N4O2. The molecule has 0 radical (unpaired) electrons. The first-order valence-corrected chi connectivity index (χ1v) is 10.9. The Labute approximate surface area is 181 Å². The van der Waals surface area contributed by atoms with Crippen molar-refractivity contribution in [2.75, 3.05) is 5.32 Å². The van der Waals surface area contributed by atoms with E-state index in [0.29, 0.717) is 0 Å². The van der Waals surface area contributed by atoms with Crippen molar-refractivity contribution in [2.24, 2.45) is 27.7 Å². The van der Waals surface area contributed by atoms with Crippen LogP contribution >= 0.6 is 0 Å². The van der Waals surface area contributed by atoms with Crippen LogP contribution in [-0.4, -0.2) is 51.2 Å². The number of nitrogens with one attached hydrogen (secondary N) is 1. The van der Waals surface area contributed by atoms with Crippen LogP contribution in [0.1, 0.15) is 18.9 Å². The van der Waals surface area contributed by atoms with E-state index < -0.39 is 17.7 Å².